The topological polar surface area (TPSA) is 98.3 Å². The number of nitro benzene ring substituents is 1. The lowest BCUT2D eigenvalue weighted by atomic mass is 10.1. The Kier molecular flexibility index (Phi) is 4.79. The summed E-state index contributed by atoms with van der Waals surface area (Å²) in [6, 6.07) is 4.34. The number of amides is 1. The second-order valence-corrected chi connectivity index (χ2v) is 4.28. The molecule has 0 saturated heterocycles. The molecule has 1 aromatic rings. The van der Waals surface area contributed by atoms with Crippen LogP contribution in [0.1, 0.15) is 29.3 Å². The van der Waals surface area contributed by atoms with E-state index in [1.807, 2.05) is 6.92 Å². The van der Waals surface area contributed by atoms with Gasteiger partial charge in [-0.05, 0) is 32.4 Å². The molecule has 1 unspecified atom stereocenters. The summed E-state index contributed by atoms with van der Waals surface area (Å²) in [5, 5.41) is 13.4. The van der Waals surface area contributed by atoms with Crippen molar-refractivity contribution in [2.45, 2.75) is 26.3 Å². The third-order valence-corrected chi connectivity index (χ3v) is 2.54. The molecule has 6 nitrogen and oxygen atoms in total. The standard InChI is InChI=1S/C12H17N3O3/c1-8-7-10(3-4-11(8)15(17)18)12(16)14-6-5-9(2)13/h3-4,7,9H,5-6,13H2,1-2H3,(H,14,16). The van der Waals surface area contributed by atoms with Crippen LogP contribution < -0.4 is 11.1 Å². The molecule has 1 rings (SSSR count). The van der Waals surface area contributed by atoms with Gasteiger partial charge in [-0.2, -0.15) is 0 Å². The van der Waals surface area contributed by atoms with Crippen molar-refractivity contribution < 1.29 is 9.72 Å². The first-order valence-electron chi connectivity index (χ1n) is 5.70. The van der Waals surface area contributed by atoms with Gasteiger partial charge in [-0.1, -0.05) is 0 Å². The van der Waals surface area contributed by atoms with Crippen LogP contribution in [0.5, 0.6) is 0 Å². The van der Waals surface area contributed by atoms with Crippen LogP contribution in [-0.2, 0) is 0 Å². The molecule has 0 fully saturated rings. The molecular weight excluding hydrogens is 234 g/mol. The summed E-state index contributed by atoms with van der Waals surface area (Å²) in [4.78, 5) is 21.9. The maximum atomic E-state index is 11.7. The molecule has 98 valence electrons. The molecule has 1 aromatic carbocycles. The Morgan fingerprint density at radius 3 is 2.72 bits per heavy atom. The largest absolute Gasteiger partial charge is 0.352 e. The lowest BCUT2D eigenvalue weighted by Gasteiger charge is -2.07. The Morgan fingerprint density at radius 1 is 1.56 bits per heavy atom. The number of nitrogens with one attached hydrogen (secondary N) is 1. The van der Waals surface area contributed by atoms with Crippen molar-refractivity contribution in [2.75, 3.05) is 6.54 Å². The van der Waals surface area contributed by atoms with Crippen LogP contribution in [0.25, 0.3) is 0 Å². The maximum absolute atomic E-state index is 11.7. The SMILES string of the molecule is Cc1cc(C(=O)NCCC(C)N)ccc1[N+](=O)[O-]. The van der Waals surface area contributed by atoms with Crippen LogP contribution in [0.4, 0.5) is 5.69 Å². The van der Waals surface area contributed by atoms with Gasteiger partial charge in [0.05, 0.1) is 4.92 Å². The Hall–Kier alpha value is -1.95. The van der Waals surface area contributed by atoms with E-state index in [1.165, 1.54) is 18.2 Å². The number of nitro groups is 1. The van der Waals surface area contributed by atoms with E-state index in [1.54, 1.807) is 6.92 Å². The summed E-state index contributed by atoms with van der Waals surface area (Å²) in [6.45, 7) is 3.96. The molecule has 0 aliphatic rings. The van der Waals surface area contributed by atoms with Gasteiger partial charge in [-0.25, -0.2) is 0 Å². The number of carbonyl (C=O) groups is 1. The molecule has 0 aliphatic heterocycles. The first-order chi connectivity index (χ1) is 8.41. The van der Waals surface area contributed by atoms with E-state index in [-0.39, 0.29) is 17.6 Å². The van der Waals surface area contributed by atoms with Crippen LogP contribution >= 0.6 is 0 Å². The molecule has 18 heavy (non-hydrogen) atoms. The molecule has 0 aromatic heterocycles. The summed E-state index contributed by atoms with van der Waals surface area (Å²) >= 11 is 0. The van der Waals surface area contributed by atoms with Crippen molar-refractivity contribution in [2.24, 2.45) is 5.73 Å². The van der Waals surface area contributed by atoms with Gasteiger partial charge in [0.15, 0.2) is 0 Å². The van der Waals surface area contributed by atoms with Gasteiger partial charge >= 0.3 is 0 Å². The molecule has 0 bridgehead atoms. The first-order valence-corrected chi connectivity index (χ1v) is 5.70. The number of rotatable bonds is 5. The summed E-state index contributed by atoms with van der Waals surface area (Å²) in [7, 11) is 0. The van der Waals surface area contributed by atoms with Gasteiger partial charge in [-0.3, -0.25) is 14.9 Å². The Labute approximate surface area is 105 Å². The molecule has 0 saturated carbocycles. The zero-order chi connectivity index (χ0) is 13.7. The third-order valence-electron chi connectivity index (χ3n) is 2.54. The van der Waals surface area contributed by atoms with Crippen molar-refractivity contribution in [1.29, 1.82) is 0 Å². The molecule has 0 radical (unpaired) electrons. The second kappa shape index (κ2) is 6.11. The highest BCUT2D eigenvalue weighted by Crippen LogP contribution is 2.18. The monoisotopic (exact) mass is 251 g/mol. The second-order valence-electron chi connectivity index (χ2n) is 4.28. The van der Waals surface area contributed by atoms with E-state index in [4.69, 9.17) is 5.73 Å². The molecule has 6 heteroatoms. The minimum absolute atomic E-state index is 0.0159. The van der Waals surface area contributed by atoms with Crippen LogP contribution in [0, 0.1) is 17.0 Å². The minimum Gasteiger partial charge on any atom is -0.352 e. The predicted octanol–water partition coefficient (Wildman–Crippen LogP) is 1.37. The molecule has 1 amide bonds. The van der Waals surface area contributed by atoms with E-state index >= 15 is 0 Å². The summed E-state index contributed by atoms with van der Waals surface area (Å²) in [5.41, 5.74) is 6.48. The number of hydrogen-bond acceptors (Lipinski definition) is 4. The Bertz CT molecular complexity index is 458. The minimum atomic E-state index is -0.465. The normalized spacial score (nSPS) is 11.9. The molecule has 1 atom stereocenters. The van der Waals surface area contributed by atoms with Gasteiger partial charge in [0.2, 0.25) is 0 Å². The number of carbonyl (C=O) groups excluding carboxylic acids is 1. The first kappa shape index (κ1) is 14.1. The third kappa shape index (κ3) is 3.81. The number of aryl methyl sites for hydroxylation is 1. The lowest BCUT2D eigenvalue weighted by Crippen LogP contribution is -2.28. The molecule has 0 aliphatic carbocycles. The van der Waals surface area contributed by atoms with E-state index in [2.05, 4.69) is 5.32 Å². The van der Waals surface area contributed by atoms with Gasteiger partial charge in [-0.15, -0.1) is 0 Å². The predicted molar refractivity (Wildman–Crippen MR) is 68.4 cm³/mol. The highest BCUT2D eigenvalue weighted by atomic mass is 16.6. The zero-order valence-electron chi connectivity index (χ0n) is 10.5. The van der Waals surface area contributed by atoms with Crippen LogP contribution in [0.2, 0.25) is 0 Å². The Balaban J connectivity index is 2.70. The van der Waals surface area contributed by atoms with Crippen LogP contribution in [0.15, 0.2) is 18.2 Å². The van der Waals surface area contributed by atoms with Crippen molar-refractivity contribution in [3.8, 4) is 0 Å². The quantitative estimate of drug-likeness (QED) is 0.610. The molecule has 0 heterocycles. The fourth-order valence-electron chi connectivity index (χ4n) is 1.52. The average Bonchev–Trinajstić information content (AvgIpc) is 2.27. The van der Waals surface area contributed by atoms with Gasteiger partial charge in [0, 0.05) is 29.8 Å². The number of hydrogen-bond donors (Lipinski definition) is 2. The average molecular weight is 251 g/mol. The van der Waals surface area contributed by atoms with Crippen LogP contribution in [0.3, 0.4) is 0 Å². The van der Waals surface area contributed by atoms with Crippen molar-refractivity contribution in [3.05, 3.63) is 39.4 Å². The van der Waals surface area contributed by atoms with E-state index in [0.717, 1.165) is 0 Å². The summed E-state index contributed by atoms with van der Waals surface area (Å²) in [5.74, 6) is -0.242. The lowest BCUT2D eigenvalue weighted by molar-refractivity contribution is -0.385. The van der Waals surface area contributed by atoms with E-state index in [0.29, 0.717) is 24.1 Å². The van der Waals surface area contributed by atoms with E-state index < -0.39 is 4.92 Å². The fourth-order valence-corrected chi connectivity index (χ4v) is 1.52. The molecule has 3 N–H and O–H groups in total. The van der Waals surface area contributed by atoms with Gasteiger partial charge in [0.1, 0.15) is 0 Å². The van der Waals surface area contributed by atoms with Crippen molar-refractivity contribution in [3.63, 3.8) is 0 Å². The van der Waals surface area contributed by atoms with Crippen LogP contribution in [-0.4, -0.2) is 23.4 Å². The summed E-state index contributed by atoms with van der Waals surface area (Å²) in [6.07, 6.45) is 0.692. The smallest absolute Gasteiger partial charge is 0.272 e. The fraction of sp³-hybridized carbons (Fsp3) is 0.417. The highest BCUT2D eigenvalue weighted by molar-refractivity contribution is 5.94. The van der Waals surface area contributed by atoms with E-state index in [9.17, 15) is 14.9 Å². The number of nitrogens with zero attached hydrogens (tertiary/aromatic N) is 1. The zero-order valence-corrected chi connectivity index (χ0v) is 10.5. The highest BCUT2D eigenvalue weighted by Gasteiger charge is 2.13. The summed E-state index contributed by atoms with van der Waals surface area (Å²) < 4.78 is 0. The van der Waals surface area contributed by atoms with Crippen molar-refractivity contribution >= 4 is 11.6 Å². The number of nitrogens with two attached hydrogens (primary N) is 1. The van der Waals surface area contributed by atoms with Crippen molar-refractivity contribution in [1.82, 2.24) is 5.32 Å². The molecular formula is C12H17N3O3. The Morgan fingerprint density at radius 2 is 2.22 bits per heavy atom. The maximum Gasteiger partial charge on any atom is 0.272 e. The molecule has 0 spiro atoms. The van der Waals surface area contributed by atoms with Gasteiger partial charge < -0.3 is 11.1 Å². The number of benzene rings is 1. The van der Waals surface area contributed by atoms with Gasteiger partial charge in [0.25, 0.3) is 11.6 Å².